The fraction of sp³-hybridized carbons (Fsp3) is 0.440. The molecule has 0 fully saturated rings. The monoisotopic (exact) mass is 498 g/mol. The minimum Gasteiger partial charge on any atom is -0.335 e. The number of rotatable bonds is 7. The maximum Gasteiger partial charge on any atom is 0.263 e. The number of hydrogen-bond donors (Lipinski definition) is 1. The number of amides is 2. The maximum atomic E-state index is 13.4. The second-order valence-electron chi connectivity index (χ2n) is 9.07. The van der Waals surface area contributed by atoms with Gasteiger partial charge in [-0.15, -0.1) is 11.3 Å². The molecule has 7 nitrogen and oxygen atoms in total. The molecule has 9 heteroatoms. The lowest BCUT2D eigenvalue weighted by Gasteiger charge is -2.22. The lowest BCUT2D eigenvalue weighted by atomic mass is 10.2. The highest BCUT2D eigenvalue weighted by Gasteiger charge is 2.27. The Labute approximate surface area is 207 Å². The lowest BCUT2D eigenvalue weighted by molar-refractivity contribution is -0.132. The molecule has 3 aromatic rings. The summed E-state index contributed by atoms with van der Waals surface area (Å²) in [5.41, 5.74) is 2.94. The van der Waals surface area contributed by atoms with Gasteiger partial charge in [0.05, 0.1) is 17.2 Å². The van der Waals surface area contributed by atoms with Crippen molar-refractivity contribution < 1.29 is 9.59 Å². The van der Waals surface area contributed by atoms with Crippen LogP contribution in [0.1, 0.15) is 49.2 Å². The molecule has 180 valence electrons. The fourth-order valence-electron chi connectivity index (χ4n) is 4.23. The number of aryl methyl sites for hydroxylation is 3. The van der Waals surface area contributed by atoms with Gasteiger partial charge in [0.15, 0.2) is 5.16 Å². The van der Waals surface area contributed by atoms with Gasteiger partial charge < -0.3 is 10.2 Å². The first-order chi connectivity index (χ1) is 16.2. The normalized spacial score (nSPS) is 13.8. The molecule has 1 aliphatic rings. The molecule has 1 atom stereocenters. The van der Waals surface area contributed by atoms with Crippen molar-refractivity contribution in [3.05, 3.63) is 50.6 Å². The number of hydrogen-bond acceptors (Lipinski definition) is 6. The molecule has 0 aliphatic heterocycles. The van der Waals surface area contributed by atoms with E-state index in [1.54, 1.807) is 29.9 Å². The van der Waals surface area contributed by atoms with Gasteiger partial charge in [-0.3, -0.25) is 19.0 Å². The molecule has 2 amide bonds. The fourth-order valence-corrected chi connectivity index (χ4v) is 6.68. The number of carbonyl (C=O) groups excluding carboxylic acids is 2. The van der Waals surface area contributed by atoms with Crippen LogP contribution in [-0.2, 0) is 22.4 Å². The number of nitrogens with zero attached hydrogens (tertiary/aromatic N) is 3. The van der Waals surface area contributed by atoms with Crippen molar-refractivity contribution in [1.82, 2.24) is 14.5 Å². The van der Waals surface area contributed by atoms with Crippen LogP contribution in [0.5, 0.6) is 0 Å². The first-order valence-electron chi connectivity index (χ1n) is 11.5. The van der Waals surface area contributed by atoms with Gasteiger partial charge in [-0.2, -0.15) is 0 Å². The van der Waals surface area contributed by atoms with Gasteiger partial charge >= 0.3 is 0 Å². The number of anilines is 1. The molecule has 2 aromatic heterocycles. The number of fused-ring (bicyclic) bond motifs is 3. The largest absolute Gasteiger partial charge is 0.335 e. The van der Waals surface area contributed by atoms with E-state index in [2.05, 4.69) is 5.32 Å². The summed E-state index contributed by atoms with van der Waals surface area (Å²) in [6.07, 6.45) is 3.02. The zero-order valence-electron chi connectivity index (χ0n) is 20.2. The summed E-state index contributed by atoms with van der Waals surface area (Å²) in [6, 6.07) is 7.43. The highest BCUT2D eigenvalue weighted by molar-refractivity contribution is 8.00. The molecule has 0 saturated heterocycles. The lowest BCUT2D eigenvalue weighted by Crippen LogP contribution is -2.39. The number of aromatic nitrogens is 2. The zero-order chi connectivity index (χ0) is 24.6. The molecule has 0 bridgehead atoms. The van der Waals surface area contributed by atoms with Crippen LogP contribution in [-0.4, -0.2) is 45.1 Å². The summed E-state index contributed by atoms with van der Waals surface area (Å²) in [5.74, 6) is -0.453. The Morgan fingerprint density at radius 2 is 1.91 bits per heavy atom. The maximum absolute atomic E-state index is 13.4. The average Bonchev–Trinajstić information content (AvgIpc) is 3.35. The Morgan fingerprint density at radius 1 is 1.21 bits per heavy atom. The minimum absolute atomic E-state index is 0.0209. The number of likely N-dealkylation sites (N-methyl/N-ethyl adjacent to an activating group) is 1. The first kappa shape index (κ1) is 24.5. The Bertz CT molecular complexity index is 1290. The van der Waals surface area contributed by atoms with E-state index in [0.29, 0.717) is 10.8 Å². The number of carbonyl (C=O) groups is 2. The van der Waals surface area contributed by atoms with Crippen LogP contribution in [0.3, 0.4) is 0 Å². The number of nitrogens with one attached hydrogen (secondary N) is 1. The van der Waals surface area contributed by atoms with Gasteiger partial charge in [-0.1, -0.05) is 29.5 Å². The molecule has 1 N–H and O–H groups in total. The van der Waals surface area contributed by atoms with Crippen molar-refractivity contribution in [2.45, 2.75) is 63.4 Å². The molecule has 4 rings (SSSR count). The summed E-state index contributed by atoms with van der Waals surface area (Å²) in [5, 5.41) is 3.61. The van der Waals surface area contributed by atoms with Gasteiger partial charge in [0.2, 0.25) is 11.8 Å². The number of thioether (sulfide) groups is 1. The molecular formula is C25H30N4O3S2. The zero-order valence-corrected chi connectivity index (χ0v) is 21.8. The molecule has 34 heavy (non-hydrogen) atoms. The van der Waals surface area contributed by atoms with Crippen LogP contribution in [0.2, 0.25) is 0 Å². The summed E-state index contributed by atoms with van der Waals surface area (Å²) >= 11 is 2.87. The molecule has 0 saturated carbocycles. The molecule has 1 aliphatic carbocycles. The quantitative estimate of drug-likeness (QED) is 0.385. The third-order valence-corrected chi connectivity index (χ3v) is 8.22. The van der Waals surface area contributed by atoms with E-state index < -0.39 is 5.25 Å². The van der Waals surface area contributed by atoms with E-state index in [1.807, 2.05) is 45.0 Å². The van der Waals surface area contributed by atoms with E-state index in [-0.39, 0.29) is 30.0 Å². The Morgan fingerprint density at radius 3 is 2.59 bits per heavy atom. The van der Waals surface area contributed by atoms with Crippen LogP contribution in [0, 0.1) is 6.92 Å². The molecule has 1 unspecified atom stereocenters. The molecule has 0 spiro atoms. The van der Waals surface area contributed by atoms with E-state index >= 15 is 0 Å². The van der Waals surface area contributed by atoms with Gasteiger partial charge in [-0.05, 0) is 64.7 Å². The van der Waals surface area contributed by atoms with Crippen molar-refractivity contribution in [3.63, 3.8) is 0 Å². The molecule has 2 heterocycles. The number of thiophene rings is 1. The van der Waals surface area contributed by atoms with Crippen LogP contribution in [0.15, 0.2) is 34.2 Å². The van der Waals surface area contributed by atoms with Crippen LogP contribution < -0.4 is 10.9 Å². The molecule has 0 radical (unpaired) electrons. The SMILES string of the molecule is Cc1ccc(NC(=O)CN(C)C(=O)C(C)Sc2nc3sc4c(c3c(=O)n2C(C)C)CCC4)cc1. The van der Waals surface area contributed by atoms with Gasteiger partial charge in [0.25, 0.3) is 5.56 Å². The van der Waals surface area contributed by atoms with Crippen molar-refractivity contribution in [3.8, 4) is 0 Å². The van der Waals surface area contributed by atoms with Gasteiger partial charge in [0.1, 0.15) is 4.83 Å². The van der Waals surface area contributed by atoms with Crippen LogP contribution >= 0.6 is 23.1 Å². The van der Waals surface area contributed by atoms with Crippen molar-refractivity contribution in [2.75, 3.05) is 18.9 Å². The summed E-state index contributed by atoms with van der Waals surface area (Å²) in [7, 11) is 1.62. The number of benzene rings is 1. The Balaban J connectivity index is 1.49. The van der Waals surface area contributed by atoms with Crippen LogP contribution in [0.25, 0.3) is 10.2 Å². The Kier molecular flexibility index (Phi) is 7.14. The minimum atomic E-state index is -0.502. The molecule has 1 aromatic carbocycles. The van der Waals surface area contributed by atoms with E-state index in [1.165, 1.54) is 21.5 Å². The smallest absolute Gasteiger partial charge is 0.263 e. The van der Waals surface area contributed by atoms with Crippen molar-refractivity contribution in [2.24, 2.45) is 0 Å². The van der Waals surface area contributed by atoms with Gasteiger partial charge in [0, 0.05) is 23.7 Å². The highest BCUT2D eigenvalue weighted by atomic mass is 32.2. The summed E-state index contributed by atoms with van der Waals surface area (Å²) in [4.78, 5) is 47.1. The third-order valence-electron chi connectivity index (χ3n) is 5.98. The highest BCUT2D eigenvalue weighted by Crippen LogP contribution is 2.36. The average molecular weight is 499 g/mol. The van der Waals surface area contributed by atoms with E-state index in [4.69, 9.17) is 4.98 Å². The molecular weight excluding hydrogens is 468 g/mol. The van der Waals surface area contributed by atoms with Crippen LogP contribution in [0.4, 0.5) is 5.69 Å². The van der Waals surface area contributed by atoms with Crippen molar-refractivity contribution in [1.29, 1.82) is 0 Å². The summed E-state index contributed by atoms with van der Waals surface area (Å²) < 4.78 is 1.70. The predicted octanol–water partition coefficient (Wildman–Crippen LogP) is 4.41. The standard InChI is InChI=1S/C25H30N4O3S2/c1-14(2)29-24(32)21-18-7-6-8-19(18)34-22(21)27-25(29)33-16(4)23(31)28(5)13-20(30)26-17-11-9-15(3)10-12-17/h9-12,14,16H,6-8,13H2,1-5H3,(H,26,30). The van der Waals surface area contributed by atoms with Crippen molar-refractivity contribution >= 4 is 50.8 Å². The third kappa shape index (κ3) is 4.90. The second-order valence-corrected chi connectivity index (χ2v) is 11.5. The second kappa shape index (κ2) is 9.92. The first-order valence-corrected chi connectivity index (χ1v) is 13.2. The summed E-state index contributed by atoms with van der Waals surface area (Å²) in [6.45, 7) is 7.63. The topological polar surface area (TPSA) is 84.3 Å². The van der Waals surface area contributed by atoms with E-state index in [0.717, 1.165) is 40.6 Å². The Hall–Kier alpha value is -2.65. The predicted molar refractivity (Wildman–Crippen MR) is 139 cm³/mol. The van der Waals surface area contributed by atoms with Gasteiger partial charge in [-0.25, -0.2) is 4.98 Å². The van der Waals surface area contributed by atoms with E-state index in [9.17, 15) is 14.4 Å².